The maximum atomic E-state index is 12.5. The Labute approximate surface area is 151 Å². The molecule has 124 valence electrons. The van der Waals surface area contributed by atoms with Gasteiger partial charge in [-0.1, -0.05) is 62.2 Å². The molecule has 2 unspecified atom stereocenters. The summed E-state index contributed by atoms with van der Waals surface area (Å²) < 4.78 is 10.6. The molecular weight excluding hydrogens is 430 g/mol. The number of carbonyl (C=O) groups is 2. The lowest BCUT2D eigenvalue weighted by Gasteiger charge is -2.37. The van der Waals surface area contributed by atoms with Gasteiger partial charge in [0.2, 0.25) is 0 Å². The minimum absolute atomic E-state index is 0.0174. The molecule has 3 aliphatic rings. The first-order valence-electron chi connectivity index (χ1n) is 7.41. The number of hydrogen-bond donors (Lipinski definition) is 0. The van der Waals surface area contributed by atoms with Gasteiger partial charge in [-0.2, -0.15) is 0 Å². The summed E-state index contributed by atoms with van der Waals surface area (Å²) in [5.74, 6) is -0.132. The van der Waals surface area contributed by atoms with E-state index in [0.717, 1.165) is 5.56 Å². The van der Waals surface area contributed by atoms with Crippen LogP contribution in [0.1, 0.15) is 12.5 Å². The highest BCUT2D eigenvalue weighted by Gasteiger charge is 2.65. The van der Waals surface area contributed by atoms with Crippen LogP contribution >= 0.6 is 31.9 Å². The van der Waals surface area contributed by atoms with Crippen molar-refractivity contribution in [1.29, 1.82) is 0 Å². The van der Waals surface area contributed by atoms with Crippen molar-refractivity contribution in [3.8, 4) is 0 Å². The monoisotopic (exact) mass is 445 g/mol. The number of carbonyl (C=O) groups excluding carboxylic acids is 2. The van der Waals surface area contributed by atoms with Crippen molar-refractivity contribution < 1.29 is 19.1 Å². The summed E-state index contributed by atoms with van der Waals surface area (Å²) in [5.41, 5.74) is 0.940. The molecule has 1 aromatic carbocycles. The van der Waals surface area contributed by atoms with Gasteiger partial charge in [0, 0.05) is 22.5 Å². The Hall–Kier alpha value is -1.08. The van der Waals surface area contributed by atoms with E-state index in [9.17, 15) is 9.59 Å². The van der Waals surface area contributed by atoms with Crippen molar-refractivity contribution in [3.63, 3.8) is 0 Å². The van der Waals surface area contributed by atoms with E-state index in [1.165, 1.54) is 6.92 Å². The lowest BCUT2D eigenvalue weighted by molar-refractivity contribution is -0.142. The van der Waals surface area contributed by atoms with Crippen molar-refractivity contribution in [2.45, 2.75) is 35.3 Å². The Morgan fingerprint density at radius 1 is 1.13 bits per heavy atom. The van der Waals surface area contributed by atoms with E-state index < -0.39 is 0 Å². The maximum Gasteiger partial charge on any atom is 0.410 e. The van der Waals surface area contributed by atoms with Gasteiger partial charge in [0.15, 0.2) is 0 Å². The predicted molar refractivity (Wildman–Crippen MR) is 91.6 cm³/mol. The fraction of sp³-hybridized carbons (Fsp3) is 0.500. The van der Waals surface area contributed by atoms with Gasteiger partial charge in [-0.15, -0.1) is 0 Å². The number of fused-ring (bicyclic) bond motifs is 1. The first-order chi connectivity index (χ1) is 11.0. The van der Waals surface area contributed by atoms with Crippen LogP contribution in [-0.4, -0.2) is 45.3 Å². The van der Waals surface area contributed by atoms with Crippen molar-refractivity contribution in [1.82, 2.24) is 4.90 Å². The van der Waals surface area contributed by atoms with Crippen LogP contribution in [0, 0.1) is 5.92 Å². The average Bonchev–Trinajstić information content (AvgIpc) is 3.02. The number of esters is 1. The zero-order chi connectivity index (χ0) is 16.6. The number of rotatable bonds is 4. The minimum atomic E-state index is -0.370. The highest BCUT2D eigenvalue weighted by molar-refractivity contribution is 9.10. The van der Waals surface area contributed by atoms with Gasteiger partial charge in [0.05, 0.1) is 12.1 Å². The van der Waals surface area contributed by atoms with Gasteiger partial charge in [-0.05, 0) is 5.56 Å². The molecule has 1 aromatic rings. The topological polar surface area (TPSA) is 55.8 Å². The van der Waals surface area contributed by atoms with Gasteiger partial charge in [-0.25, -0.2) is 4.79 Å². The molecule has 1 saturated carbocycles. The molecule has 2 heterocycles. The first kappa shape index (κ1) is 16.8. The maximum absolute atomic E-state index is 12.5. The summed E-state index contributed by atoms with van der Waals surface area (Å²) in [6.45, 7) is 1.80. The molecule has 4 rings (SSSR count). The molecule has 3 fully saturated rings. The Morgan fingerprint density at radius 3 is 2.39 bits per heavy atom. The summed E-state index contributed by atoms with van der Waals surface area (Å²) in [5, 5.41) is 0. The minimum Gasteiger partial charge on any atom is -0.464 e. The molecule has 5 atom stereocenters. The second-order valence-corrected chi connectivity index (χ2v) is 7.89. The van der Waals surface area contributed by atoms with Gasteiger partial charge >= 0.3 is 12.1 Å². The molecule has 2 saturated heterocycles. The van der Waals surface area contributed by atoms with E-state index in [1.807, 2.05) is 30.3 Å². The van der Waals surface area contributed by atoms with Gasteiger partial charge < -0.3 is 9.47 Å². The fourth-order valence-electron chi connectivity index (χ4n) is 3.24. The molecule has 5 nitrogen and oxygen atoms in total. The zero-order valence-electron chi connectivity index (χ0n) is 12.5. The predicted octanol–water partition coefficient (Wildman–Crippen LogP) is 3.10. The molecule has 0 aromatic heterocycles. The van der Waals surface area contributed by atoms with Crippen LogP contribution in [0.2, 0.25) is 0 Å². The highest BCUT2D eigenvalue weighted by atomic mass is 79.9. The smallest absolute Gasteiger partial charge is 0.410 e. The lowest BCUT2D eigenvalue weighted by Crippen LogP contribution is -2.51. The summed E-state index contributed by atoms with van der Waals surface area (Å²) in [6.07, 6.45) is -0.370. The van der Waals surface area contributed by atoms with Crippen molar-refractivity contribution in [2.75, 3.05) is 6.61 Å². The van der Waals surface area contributed by atoms with Crippen molar-refractivity contribution in [3.05, 3.63) is 35.9 Å². The zero-order valence-corrected chi connectivity index (χ0v) is 15.7. The Bertz CT molecular complexity index is 587. The van der Waals surface area contributed by atoms with E-state index in [2.05, 4.69) is 31.9 Å². The highest BCUT2D eigenvalue weighted by Crippen LogP contribution is 2.53. The number of amides is 1. The van der Waals surface area contributed by atoms with E-state index in [-0.39, 0.29) is 52.9 Å². The number of halogens is 2. The first-order valence-corrected chi connectivity index (χ1v) is 9.24. The van der Waals surface area contributed by atoms with Gasteiger partial charge in [0.25, 0.3) is 0 Å². The Morgan fingerprint density at radius 2 is 1.78 bits per heavy atom. The second-order valence-electron chi connectivity index (χ2n) is 5.77. The quantitative estimate of drug-likeness (QED) is 0.526. The third-order valence-electron chi connectivity index (χ3n) is 4.38. The number of nitrogens with zero attached hydrogens (tertiary/aromatic N) is 1. The van der Waals surface area contributed by atoms with Crippen LogP contribution in [-0.2, 0) is 20.9 Å². The molecule has 1 amide bonds. The number of ether oxygens (including phenoxy) is 2. The van der Waals surface area contributed by atoms with Gasteiger partial charge in [0.1, 0.15) is 13.2 Å². The summed E-state index contributed by atoms with van der Waals surface area (Å²) in [4.78, 5) is 25.7. The van der Waals surface area contributed by atoms with Crippen LogP contribution in [0.5, 0.6) is 0 Å². The largest absolute Gasteiger partial charge is 0.464 e. The standard InChI is InChI=1S/C16H17Br2NO4/c1-9(20)22-8-11-12-13(17)15(14(12)18)19(11)16(21)23-7-10-5-3-2-4-6-10/h2-6,11-15H,7-8H2,1H3/t11-,12?,13-,14+,15?/m0/s1. The normalized spacial score (nSPS) is 31.4. The third kappa shape index (κ3) is 3.13. The Kier molecular flexibility index (Phi) is 4.96. The average molecular weight is 447 g/mol. The lowest BCUT2D eigenvalue weighted by atomic mass is 9.82. The van der Waals surface area contributed by atoms with Gasteiger partial charge in [-0.3, -0.25) is 9.69 Å². The van der Waals surface area contributed by atoms with E-state index >= 15 is 0 Å². The van der Waals surface area contributed by atoms with Crippen molar-refractivity contribution in [2.24, 2.45) is 5.92 Å². The number of hydrogen-bond acceptors (Lipinski definition) is 4. The molecule has 0 N–H and O–H groups in total. The van der Waals surface area contributed by atoms with E-state index in [0.29, 0.717) is 0 Å². The molecule has 2 bridgehead atoms. The third-order valence-corrected chi connectivity index (χ3v) is 6.69. The molecule has 0 spiro atoms. The summed E-state index contributed by atoms with van der Waals surface area (Å²) in [7, 11) is 0. The fourth-order valence-corrected chi connectivity index (χ4v) is 6.59. The second kappa shape index (κ2) is 6.81. The van der Waals surface area contributed by atoms with Crippen LogP contribution < -0.4 is 0 Å². The summed E-state index contributed by atoms with van der Waals surface area (Å²) in [6, 6.07) is 9.40. The SMILES string of the molecule is CC(=O)OC[C@H]1C2[C@@H](Br)C([C@H]2Br)N1C(=O)OCc1ccccc1. The molecule has 0 radical (unpaired) electrons. The van der Waals surface area contributed by atoms with Crippen LogP contribution in [0.3, 0.4) is 0 Å². The van der Waals surface area contributed by atoms with E-state index in [1.54, 1.807) is 4.90 Å². The van der Waals surface area contributed by atoms with E-state index in [4.69, 9.17) is 9.47 Å². The Balaban J connectivity index is 1.66. The van der Waals surface area contributed by atoms with Crippen LogP contribution in [0.25, 0.3) is 0 Å². The van der Waals surface area contributed by atoms with Crippen LogP contribution in [0.4, 0.5) is 4.79 Å². The number of benzene rings is 1. The molecule has 1 aliphatic carbocycles. The molecule has 23 heavy (non-hydrogen) atoms. The van der Waals surface area contributed by atoms with Crippen molar-refractivity contribution >= 4 is 43.9 Å². The summed E-state index contributed by atoms with van der Waals surface area (Å²) >= 11 is 7.25. The molecular formula is C16H17Br2NO4. The van der Waals surface area contributed by atoms with Crippen LogP contribution in [0.15, 0.2) is 30.3 Å². The number of alkyl halides is 2. The molecule has 7 heteroatoms. The molecule has 2 aliphatic heterocycles.